The molecule has 0 unspecified atom stereocenters. The molecule has 0 aliphatic carbocycles. The Morgan fingerprint density at radius 1 is 1.31 bits per heavy atom. The van der Waals surface area contributed by atoms with Gasteiger partial charge in [0.05, 0.1) is 10.7 Å². The van der Waals surface area contributed by atoms with Gasteiger partial charge in [0.2, 0.25) is 0 Å². The first kappa shape index (κ1) is 12.3. The van der Waals surface area contributed by atoms with E-state index in [1.54, 1.807) is 0 Å². The lowest BCUT2D eigenvalue weighted by atomic mass is 9.75. The highest BCUT2D eigenvalue weighted by molar-refractivity contribution is 9.10. The van der Waals surface area contributed by atoms with Gasteiger partial charge in [-0.3, -0.25) is 0 Å². The molecule has 0 bridgehead atoms. The molecule has 2 rings (SSSR count). The van der Waals surface area contributed by atoms with Crippen LogP contribution in [-0.2, 0) is 0 Å². The normalized spacial score (nSPS) is 18.4. The molecular formula is C13H17BrClN. The number of hydrogen-bond donors (Lipinski definition) is 0. The van der Waals surface area contributed by atoms with Crippen molar-refractivity contribution in [1.82, 2.24) is 0 Å². The van der Waals surface area contributed by atoms with Crippen LogP contribution in [0, 0.1) is 5.41 Å². The average molecular weight is 303 g/mol. The van der Waals surface area contributed by atoms with Crippen molar-refractivity contribution >= 4 is 33.2 Å². The summed E-state index contributed by atoms with van der Waals surface area (Å²) in [5.74, 6) is 0. The second kappa shape index (κ2) is 4.58. The summed E-state index contributed by atoms with van der Waals surface area (Å²) in [7, 11) is 0. The molecule has 1 aromatic carbocycles. The smallest absolute Gasteiger partial charge is 0.0640 e. The molecule has 3 heteroatoms. The lowest BCUT2D eigenvalue weighted by molar-refractivity contribution is 0.194. The molecule has 1 aliphatic rings. The van der Waals surface area contributed by atoms with E-state index in [2.05, 4.69) is 40.7 Å². The van der Waals surface area contributed by atoms with Crippen LogP contribution in [0.3, 0.4) is 0 Å². The Bertz CT molecular complexity index is 380. The van der Waals surface area contributed by atoms with Gasteiger partial charge in [0.25, 0.3) is 0 Å². The molecule has 1 saturated heterocycles. The molecule has 0 spiro atoms. The zero-order valence-electron chi connectivity index (χ0n) is 9.76. The second-order valence-electron chi connectivity index (χ2n) is 4.66. The van der Waals surface area contributed by atoms with Crippen molar-refractivity contribution in [1.29, 1.82) is 0 Å². The van der Waals surface area contributed by atoms with Gasteiger partial charge in [-0.15, -0.1) is 0 Å². The maximum absolute atomic E-state index is 6.22. The highest BCUT2D eigenvalue weighted by Gasteiger charge is 2.40. The lowest BCUT2D eigenvalue weighted by Gasteiger charge is -2.51. The van der Waals surface area contributed by atoms with E-state index in [4.69, 9.17) is 11.6 Å². The van der Waals surface area contributed by atoms with Crippen molar-refractivity contribution < 1.29 is 0 Å². The molecule has 0 amide bonds. The number of rotatable bonds is 3. The number of benzene rings is 1. The maximum atomic E-state index is 6.22. The number of halogens is 2. The first-order chi connectivity index (χ1) is 7.60. The molecule has 1 fully saturated rings. The summed E-state index contributed by atoms with van der Waals surface area (Å²) >= 11 is 9.72. The molecule has 0 N–H and O–H groups in total. The van der Waals surface area contributed by atoms with Crippen molar-refractivity contribution in [2.75, 3.05) is 18.0 Å². The van der Waals surface area contributed by atoms with Crippen LogP contribution in [-0.4, -0.2) is 13.1 Å². The van der Waals surface area contributed by atoms with Crippen LogP contribution in [0.15, 0.2) is 22.7 Å². The van der Waals surface area contributed by atoms with Crippen LogP contribution in [0.25, 0.3) is 0 Å². The van der Waals surface area contributed by atoms with Crippen LogP contribution in [0.4, 0.5) is 5.69 Å². The monoisotopic (exact) mass is 301 g/mol. The molecule has 16 heavy (non-hydrogen) atoms. The summed E-state index contributed by atoms with van der Waals surface area (Å²) in [6, 6.07) is 6.05. The third kappa shape index (κ3) is 2.10. The van der Waals surface area contributed by atoms with Gasteiger partial charge < -0.3 is 4.90 Å². The zero-order chi connectivity index (χ0) is 11.8. The molecule has 0 radical (unpaired) electrons. The SMILES string of the molecule is CCC1(CC)CN(c2cc(Br)ccc2Cl)C1. The molecule has 0 atom stereocenters. The molecule has 1 aliphatic heterocycles. The summed E-state index contributed by atoms with van der Waals surface area (Å²) in [5, 5.41) is 0.851. The summed E-state index contributed by atoms with van der Waals surface area (Å²) in [6.45, 7) is 6.83. The highest BCUT2D eigenvalue weighted by Crippen LogP contribution is 2.42. The first-order valence-corrected chi connectivity index (χ1v) is 6.97. The summed E-state index contributed by atoms with van der Waals surface area (Å²) < 4.78 is 1.09. The van der Waals surface area contributed by atoms with Crippen LogP contribution in [0.1, 0.15) is 26.7 Å². The molecule has 1 heterocycles. The predicted molar refractivity (Wildman–Crippen MR) is 74.4 cm³/mol. The summed E-state index contributed by atoms with van der Waals surface area (Å²) in [6.07, 6.45) is 2.51. The van der Waals surface area contributed by atoms with E-state index in [0.29, 0.717) is 5.41 Å². The Morgan fingerprint density at radius 2 is 1.94 bits per heavy atom. The lowest BCUT2D eigenvalue weighted by Crippen LogP contribution is -2.56. The Balaban J connectivity index is 2.14. The number of anilines is 1. The summed E-state index contributed by atoms with van der Waals surface area (Å²) in [5.41, 5.74) is 1.68. The first-order valence-electron chi connectivity index (χ1n) is 5.80. The van der Waals surface area contributed by atoms with Gasteiger partial charge in [-0.05, 0) is 31.0 Å². The van der Waals surface area contributed by atoms with Gasteiger partial charge in [-0.1, -0.05) is 41.4 Å². The molecular weight excluding hydrogens is 286 g/mol. The molecule has 0 aromatic heterocycles. The Hall–Kier alpha value is -0.210. The van der Waals surface area contributed by atoms with Crippen molar-refractivity contribution in [3.8, 4) is 0 Å². The fourth-order valence-corrected chi connectivity index (χ4v) is 2.95. The van der Waals surface area contributed by atoms with Gasteiger partial charge in [0.15, 0.2) is 0 Å². The van der Waals surface area contributed by atoms with Crippen molar-refractivity contribution in [3.63, 3.8) is 0 Å². The maximum Gasteiger partial charge on any atom is 0.0640 e. The Kier molecular flexibility index (Phi) is 3.50. The zero-order valence-corrected chi connectivity index (χ0v) is 12.1. The fraction of sp³-hybridized carbons (Fsp3) is 0.538. The van der Waals surface area contributed by atoms with E-state index in [0.717, 1.165) is 28.3 Å². The Labute approximate surface area is 111 Å². The van der Waals surface area contributed by atoms with E-state index in [-0.39, 0.29) is 0 Å². The second-order valence-corrected chi connectivity index (χ2v) is 5.98. The Morgan fingerprint density at radius 3 is 2.50 bits per heavy atom. The summed E-state index contributed by atoms with van der Waals surface area (Å²) in [4.78, 5) is 2.38. The van der Waals surface area contributed by atoms with E-state index in [1.165, 1.54) is 12.8 Å². The van der Waals surface area contributed by atoms with Crippen LogP contribution < -0.4 is 4.90 Å². The third-order valence-corrected chi connectivity index (χ3v) is 4.61. The minimum absolute atomic E-state index is 0.519. The van der Waals surface area contributed by atoms with Crippen LogP contribution >= 0.6 is 27.5 Å². The van der Waals surface area contributed by atoms with Crippen molar-refractivity contribution in [2.24, 2.45) is 5.41 Å². The number of nitrogens with zero attached hydrogens (tertiary/aromatic N) is 1. The molecule has 1 nitrogen and oxygen atoms in total. The van der Waals surface area contributed by atoms with E-state index >= 15 is 0 Å². The van der Waals surface area contributed by atoms with E-state index < -0.39 is 0 Å². The van der Waals surface area contributed by atoms with Crippen LogP contribution in [0.2, 0.25) is 5.02 Å². The third-order valence-electron chi connectivity index (χ3n) is 3.80. The number of hydrogen-bond acceptors (Lipinski definition) is 1. The van der Waals surface area contributed by atoms with Crippen molar-refractivity contribution in [3.05, 3.63) is 27.7 Å². The van der Waals surface area contributed by atoms with E-state index in [9.17, 15) is 0 Å². The van der Waals surface area contributed by atoms with E-state index in [1.807, 2.05) is 12.1 Å². The van der Waals surface area contributed by atoms with Gasteiger partial charge in [-0.2, -0.15) is 0 Å². The van der Waals surface area contributed by atoms with Gasteiger partial charge in [0, 0.05) is 23.0 Å². The average Bonchev–Trinajstić information content (AvgIpc) is 2.23. The van der Waals surface area contributed by atoms with Gasteiger partial charge in [0.1, 0.15) is 0 Å². The topological polar surface area (TPSA) is 3.24 Å². The molecule has 88 valence electrons. The highest BCUT2D eigenvalue weighted by atomic mass is 79.9. The van der Waals surface area contributed by atoms with Crippen LogP contribution in [0.5, 0.6) is 0 Å². The minimum Gasteiger partial charge on any atom is -0.369 e. The van der Waals surface area contributed by atoms with Crippen molar-refractivity contribution in [2.45, 2.75) is 26.7 Å². The van der Waals surface area contributed by atoms with Gasteiger partial charge >= 0.3 is 0 Å². The minimum atomic E-state index is 0.519. The quantitative estimate of drug-likeness (QED) is 0.780. The van der Waals surface area contributed by atoms with Gasteiger partial charge in [-0.25, -0.2) is 0 Å². The largest absolute Gasteiger partial charge is 0.369 e. The predicted octanol–water partition coefficient (Wildman–Crippen LogP) is 4.73. The molecule has 1 aromatic rings. The standard InChI is InChI=1S/C13H17BrClN/c1-3-13(4-2)8-16(9-13)12-7-10(14)5-6-11(12)15/h5-7H,3-4,8-9H2,1-2H3. The fourth-order valence-electron chi connectivity index (χ4n) is 2.36. The molecule has 0 saturated carbocycles.